The fourth-order valence-corrected chi connectivity index (χ4v) is 2.07. The van der Waals surface area contributed by atoms with Crippen molar-refractivity contribution in [2.45, 2.75) is 27.7 Å². The van der Waals surface area contributed by atoms with Gasteiger partial charge >= 0.3 is 0 Å². The molecule has 5 heteroatoms. The summed E-state index contributed by atoms with van der Waals surface area (Å²) in [5, 5.41) is 10.8. The Balaban J connectivity index is 3.02. The number of nitrogens with two attached hydrogens (primary N) is 1. The molecule has 1 aromatic carbocycles. The van der Waals surface area contributed by atoms with Crippen molar-refractivity contribution in [3.05, 3.63) is 28.3 Å². The highest BCUT2D eigenvalue weighted by molar-refractivity contribution is 5.66. The van der Waals surface area contributed by atoms with Gasteiger partial charge in [-0.15, -0.1) is 0 Å². The second-order valence-electron chi connectivity index (χ2n) is 5.69. The van der Waals surface area contributed by atoms with E-state index in [4.69, 9.17) is 5.73 Å². The predicted octanol–water partition coefficient (Wildman–Crippen LogP) is 3.30. The van der Waals surface area contributed by atoms with Crippen molar-refractivity contribution in [3.8, 4) is 0 Å². The molecule has 0 aromatic heterocycles. The first-order chi connectivity index (χ1) is 8.81. The Morgan fingerprint density at radius 2 is 1.74 bits per heavy atom. The van der Waals surface area contributed by atoms with Gasteiger partial charge in [-0.05, 0) is 24.0 Å². The molecule has 2 N–H and O–H groups in total. The Morgan fingerprint density at radius 3 is 2.11 bits per heavy atom. The van der Waals surface area contributed by atoms with Gasteiger partial charge in [0.05, 0.1) is 4.92 Å². The van der Waals surface area contributed by atoms with Crippen molar-refractivity contribution < 1.29 is 4.92 Å². The van der Waals surface area contributed by atoms with Crippen LogP contribution in [0.3, 0.4) is 0 Å². The minimum absolute atomic E-state index is 0.0298. The molecule has 1 aromatic rings. The second-order valence-corrected chi connectivity index (χ2v) is 5.69. The molecule has 0 aliphatic carbocycles. The molecule has 0 atom stereocenters. The molecule has 0 saturated carbocycles. The highest BCUT2D eigenvalue weighted by Crippen LogP contribution is 2.27. The standard InChI is InChI=1S/C14H23N3O2/c1-10(2)8-16(9-11(3)4)12-5-6-14(17(18)19)13(15)7-12/h5-7,10-11H,8-9,15H2,1-4H3. The molecule has 19 heavy (non-hydrogen) atoms. The molecule has 5 nitrogen and oxygen atoms in total. The molecule has 0 amide bonds. The Labute approximate surface area is 114 Å². The molecule has 0 saturated heterocycles. The summed E-state index contributed by atoms with van der Waals surface area (Å²) in [6, 6.07) is 4.96. The van der Waals surface area contributed by atoms with E-state index in [1.54, 1.807) is 12.1 Å². The Hall–Kier alpha value is -1.78. The quantitative estimate of drug-likeness (QED) is 0.486. The van der Waals surface area contributed by atoms with Gasteiger partial charge in [0.2, 0.25) is 0 Å². The number of hydrogen-bond donors (Lipinski definition) is 1. The van der Waals surface area contributed by atoms with Crippen LogP contribution in [-0.2, 0) is 0 Å². The van der Waals surface area contributed by atoms with Crippen molar-refractivity contribution in [1.29, 1.82) is 0 Å². The van der Waals surface area contributed by atoms with Crippen LogP contribution in [0.4, 0.5) is 17.1 Å². The van der Waals surface area contributed by atoms with Crippen LogP contribution in [0.5, 0.6) is 0 Å². The molecular weight excluding hydrogens is 242 g/mol. The lowest BCUT2D eigenvalue weighted by Gasteiger charge is -2.28. The highest BCUT2D eigenvalue weighted by atomic mass is 16.6. The summed E-state index contributed by atoms with van der Waals surface area (Å²) in [5.41, 5.74) is 6.90. The Kier molecular flexibility index (Phi) is 5.15. The van der Waals surface area contributed by atoms with E-state index in [1.165, 1.54) is 6.07 Å². The van der Waals surface area contributed by atoms with Crippen molar-refractivity contribution in [1.82, 2.24) is 0 Å². The van der Waals surface area contributed by atoms with E-state index in [0.29, 0.717) is 11.8 Å². The van der Waals surface area contributed by atoms with Crippen molar-refractivity contribution in [3.63, 3.8) is 0 Å². The summed E-state index contributed by atoms with van der Waals surface area (Å²) in [4.78, 5) is 12.6. The van der Waals surface area contributed by atoms with Crippen molar-refractivity contribution >= 4 is 17.1 Å². The first-order valence-corrected chi connectivity index (χ1v) is 6.60. The molecular formula is C14H23N3O2. The summed E-state index contributed by atoms with van der Waals surface area (Å²) in [7, 11) is 0. The molecule has 106 valence electrons. The summed E-state index contributed by atoms with van der Waals surface area (Å²) >= 11 is 0. The Bertz CT molecular complexity index is 434. The van der Waals surface area contributed by atoms with Crippen LogP contribution >= 0.6 is 0 Å². The first kappa shape index (κ1) is 15.3. The zero-order valence-corrected chi connectivity index (χ0v) is 12.1. The van der Waals surface area contributed by atoms with Gasteiger partial charge in [0.1, 0.15) is 5.69 Å². The van der Waals surface area contributed by atoms with E-state index in [-0.39, 0.29) is 11.4 Å². The van der Waals surface area contributed by atoms with E-state index in [9.17, 15) is 10.1 Å². The minimum atomic E-state index is -0.450. The normalized spacial score (nSPS) is 11.1. The number of nitro groups is 1. The lowest BCUT2D eigenvalue weighted by molar-refractivity contribution is -0.383. The highest BCUT2D eigenvalue weighted by Gasteiger charge is 2.15. The summed E-state index contributed by atoms with van der Waals surface area (Å²) in [6.07, 6.45) is 0. The van der Waals surface area contributed by atoms with Gasteiger partial charge in [0.25, 0.3) is 5.69 Å². The van der Waals surface area contributed by atoms with Crippen molar-refractivity contribution in [2.24, 2.45) is 11.8 Å². The van der Waals surface area contributed by atoms with Gasteiger partial charge in [-0.3, -0.25) is 10.1 Å². The van der Waals surface area contributed by atoms with E-state index in [0.717, 1.165) is 18.8 Å². The molecule has 0 heterocycles. The maximum Gasteiger partial charge on any atom is 0.292 e. The van der Waals surface area contributed by atoms with Crippen LogP contribution in [0.25, 0.3) is 0 Å². The van der Waals surface area contributed by atoms with Gasteiger partial charge < -0.3 is 10.6 Å². The average molecular weight is 265 g/mol. The molecule has 0 fully saturated rings. The first-order valence-electron chi connectivity index (χ1n) is 6.60. The molecule has 0 spiro atoms. The fraction of sp³-hybridized carbons (Fsp3) is 0.571. The lowest BCUT2D eigenvalue weighted by atomic mass is 10.1. The molecule has 0 aliphatic rings. The number of nitro benzene ring substituents is 1. The molecule has 0 aliphatic heterocycles. The zero-order valence-electron chi connectivity index (χ0n) is 12.1. The van der Waals surface area contributed by atoms with Gasteiger partial charge in [-0.2, -0.15) is 0 Å². The number of anilines is 2. The van der Waals surface area contributed by atoms with Crippen LogP contribution in [0, 0.1) is 22.0 Å². The van der Waals surface area contributed by atoms with Crippen LogP contribution in [0.1, 0.15) is 27.7 Å². The topological polar surface area (TPSA) is 72.4 Å². The minimum Gasteiger partial charge on any atom is -0.393 e. The van der Waals surface area contributed by atoms with Gasteiger partial charge in [0.15, 0.2) is 0 Å². The monoisotopic (exact) mass is 265 g/mol. The fourth-order valence-electron chi connectivity index (χ4n) is 2.07. The number of benzene rings is 1. The maximum absolute atomic E-state index is 10.8. The Morgan fingerprint density at radius 1 is 1.21 bits per heavy atom. The van der Waals surface area contributed by atoms with Crippen molar-refractivity contribution in [2.75, 3.05) is 23.7 Å². The molecule has 1 rings (SSSR count). The summed E-state index contributed by atoms with van der Waals surface area (Å²) in [5.74, 6) is 1.05. The molecule has 0 radical (unpaired) electrons. The third kappa shape index (κ3) is 4.43. The van der Waals surface area contributed by atoms with Crippen LogP contribution in [0.15, 0.2) is 18.2 Å². The average Bonchev–Trinajstić information content (AvgIpc) is 2.26. The third-order valence-electron chi connectivity index (χ3n) is 2.74. The zero-order chi connectivity index (χ0) is 14.6. The van der Waals surface area contributed by atoms with Gasteiger partial charge in [0, 0.05) is 24.8 Å². The summed E-state index contributed by atoms with van der Waals surface area (Å²) < 4.78 is 0. The SMILES string of the molecule is CC(C)CN(CC(C)C)c1ccc([N+](=O)[O-])c(N)c1. The molecule has 0 bridgehead atoms. The number of rotatable bonds is 6. The number of nitrogens with zero attached hydrogens (tertiary/aromatic N) is 2. The van der Waals surface area contributed by atoms with E-state index in [2.05, 4.69) is 32.6 Å². The van der Waals surface area contributed by atoms with Crippen LogP contribution in [0.2, 0.25) is 0 Å². The second kappa shape index (κ2) is 6.41. The lowest BCUT2D eigenvalue weighted by Crippen LogP contribution is -2.31. The van der Waals surface area contributed by atoms with Gasteiger partial charge in [-0.25, -0.2) is 0 Å². The predicted molar refractivity (Wildman–Crippen MR) is 79.4 cm³/mol. The largest absolute Gasteiger partial charge is 0.393 e. The van der Waals surface area contributed by atoms with Gasteiger partial charge in [-0.1, -0.05) is 27.7 Å². The van der Waals surface area contributed by atoms with Crippen LogP contribution < -0.4 is 10.6 Å². The summed E-state index contributed by atoms with van der Waals surface area (Å²) in [6.45, 7) is 10.4. The smallest absolute Gasteiger partial charge is 0.292 e. The van der Waals surface area contributed by atoms with E-state index in [1.807, 2.05) is 0 Å². The molecule has 0 unspecified atom stereocenters. The maximum atomic E-state index is 10.8. The van der Waals surface area contributed by atoms with Crippen LogP contribution in [-0.4, -0.2) is 18.0 Å². The van der Waals surface area contributed by atoms with E-state index >= 15 is 0 Å². The van der Waals surface area contributed by atoms with E-state index < -0.39 is 4.92 Å². The number of nitrogen functional groups attached to an aromatic ring is 1. The number of hydrogen-bond acceptors (Lipinski definition) is 4. The third-order valence-corrected chi connectivity index (χ3v) is 2.74.